The van der Waals surface area contributed by atoms with Crippen molar-refractivity contribution >= 4 is 6.08 Å². The number of allylic oxidation sites excluding steroid dienone is 1. The van der Waals surface area contributed by atoms with Crippen LogP contribution in [0.25, 0.3) is 28.3 Å². The lowest BCUT2D eigenvalue weighted by molar-refractivity contribution is 0.779. The van der Waals surface area contributed by atoms with Gasteiger partial charge in [-0.15, -0.1) is 0 Å². The standard InChI is InChI=1S/C25H24/c1-2-3-8-19-17-23-11-7-12-24(25(23)18-19)22-15-13-21(14-16-22)20-9-5-4-6-10-20/h4-7,9-16,18H,2-3,8,17H2,1H3. The van der Waals surface area contributed by atoms with Crippen molar-refractivity contribution in [3.8, 4) is 22.3 Å². The van der Waals surface area contributed by atoms with Gasteiger partial charge in [0.05, 0.1) is 0 Å². The molecule has 0 saturated carbocycles. The van der Waals surface area contributed by atoms with Crippen molar-refractivity contribution in [2.24, 2.45) is 0 Å². The molecule has 0 heterocycles. The van der Waals surface area contributed by atoms with Crippen LogP contribution in [0.5, 0.6) is 0 Å². The molecule has 0 N–H and O–H groups in total. The minimum Gasteiger partial charge on any atom is -0.0654 e. The van der Waals surface area contributed by atoms with Gasteiger partial charge in [-0.2, -0.15) is 0 Å². The van der Waals surface area contributed by atoms with E-state index in [1.54, 1.807) is 5.57 Å². The highest BCUT2D eigenvalue weighted by Crippen LogP contribution is 2.36. The zero-order chi connectivity index (χ0) is 17.1. The van der Waals surface area contributed by atoms with Crippen molar-refractivity contribution in [2.75, 3.05) is 0 Å². The van der Waals surface area contributed by atoms with Gasteiger partial charge in [0, 0.05) is 0 Å². The van der Waals surface area contributed by atoms with E-state index in [-0.39, 0.29) is 0 Å². The van der Waals surface area contributed by atoms with Gasteiger partial charge in [-0.3, -0.25) is 0 Å². The van der Waals surface area contributed by atoms with Gasteiger partial charge in [0.25, 0.3) is 0 Å². The Bertz CT molecular complexity index is 883. The number of hydrogen-bond donors (Lipinski definition) is 0. The van der Waals surface area contributed by atoms with Crippen LogP contribution in [0.4, 0.5) is 0 Å². The van der Waals surface area contributed by atoms with E-state index in [1.807, 2.05) is 0 Å². The minimum atomic E-state index is 1.13. The quantitative estimate of drug-likeness (QED) is 0.467. The molecule has 25 heavy (non-hydrogen) atoms. The number of fused-ring (bicyclic) bond motifs is 1. The van der Waals surface area contributed by atoms with Gasteiger partial charge >= 0.3 is 0 Å². The third-order valence-electron chi connectivity index (χ3n) is 5.12. The van der Waals surface area contributed by atoms with Crippen LogP contribution >= 0.6 is 0 Å². The number of rotatable bonds is 5. The van der Waals surface area contributed by atoms with E-state index in [0.717, 1.165) is 6.42 Å². The summed E-state index contributed by atoms with van der Waals surface area (Å²) in [6.07, 6.45) is 7.36. The molecule has 0 aliphatic heterocycles. The fourth-order valence-corrected chi connectivity index (χ4v) is 3.73. The summed E-state index contributed by atoms with van der Waals surface area (Å²) in [4.78, 5) is 0. The average Bonchev–Trinajstić information content (AvgIpc) is 3.10. The number of hydrogen-bond acceptors (Lipinski definition) is 0. The van der Waals surface area contributed by atoms with Crippen molar-refractivity contribution in [2.45, 2.75) is 32.6 Å². The average molecular weight is 324 g/mol. The minimum absolute atomic E-state index is 1.13. The Morgan fingerprint density at radius 2 is 1.44 bits per heavy atom. The third-order valence-corrected chi connectivity index (χ3v) is 5.12. The predicted octanol–water partition coefficient (Wildman–Crippen LogP) is 7.15. The Kier molecular flexibility index (Phi) is 4.52. The molecular weight excluding hydrogens is 300 g/mol. The van der Waals surface area contributed by atoms with E-state index in [1.165, 1.54) is 52.6 Å². The molecule has 0 unspecified atom stereocenters. The fraction of sp³-hybridized carbons (Fsp3) is 0.200. The summed E-state index contributed by atoms with van der Waals surface area (Å²) in [5, 5.41) is 0. The van der Waals surface area contributed by atoms with Crippen LogP contribution < -0.4 is 0 Å². The lowest BCUT2D eigenvalue weighted by atomic mass is 9.95. The maximum Gasteiger partial charge on any atom is -0.00576 e. The monoisotopic (exact) mass is 324 g/mol. The summed E-state index contributed by atoms with van der Waals surface area (Å²) in [6.45, 7) is 2.27. The van der Waals surface area contributed by atoms with E-state index in [4.69, 9.17) is 0 Å². The summed E-state index contributed by atoms with van der Waals surface area (Å²) in [7, 11) is 0. The molecular formula is C25H24. The van der Waals surface area contributed by atoms with Crippen molar-refractivity contribution in [3.63, 3.8) is 0 Å². The van der Waals surface area contributed by atoms with Crippen LogP contribution in [0, 0.1) is 0 Å². The van der Waals surface area contributed by atoms with Crippen molar-refractivity contribution in [1.82, 2.24) is 0 Å². The molecule has 0 atom stereocenters. The molecule has 3 aromatic rings. The summed E-state index contributed by atoms with van der Waals surface area (Å²) in [5.74, 6) is 0. The zero-order valence-corrected chi connectivity index (χ0v) is 14.8. The van der Waals surface area contributed by atoms with Crippen LogP contribution in [0.15, 0.2) is 78.4 Å². The van der Waals surface area contributed by atoms with Gasteiger partial charge in [-0.1, -0.05) is 97.8 Å². The Hall–Kier alpha value is -2.60. The van der Waals surface area contributed by atoms with Gasteiger partial charge in [0.2, 0.25) is 0 Å². The fourth-order valence-electron chi connectivity index (χ4n) is 3.73. The molecule has 0 fully saturated rings. The molecule has 0 amide bonds. The first-order valence-electron chi connectivity index (χ1n) is 9.32. The molecule has 0 nitrogen and oxygen atoms in total. The largest absolute Gasteiger partial charge is 0.0654 e. The topological polar surface area (TPSA) is 0 Å². The smallest absolute Gasteiger partial charge is 0.00576 e. The molecule has 0 spiro atoms. The van der Waals surface area contributed by atoms with Crippen molar-refractivity contribution in [1.29, 1.82) is 0 Å². The first-order valence-corrected chi connectivity index (χ1v) is 9.32. The molecule has 0 radical (unpaired) electrons. The summed E-state index contributed by atoms with van der Waals surface area (Å²) in [6, 6.07) is 26.3. The van der Waals surface area contributed by atoms with Crippen LogP contribution in [-0.2, 0) is 6.42 Å². The lowest BCUT2D eigenvalue weighted by Crippen LogP contribution is -1.88. The van der Waals surface area contributed by atoms with Crippen molar-refractivity contribution < 1.29 is 0 Å². The van der Waals surface area contributed by atoms with E-state index in [2.05, 4.69) is 85.8 Å². The van der Waals surface area contributed by atoms with Crippen LogP contribution in [0.2, 0.25) is 0 Å². The van der Waals surface area contributed by atoms with Gasteiger partial charge in [0.1, 0.15) is 0 Å². The van der Waals surface area contributed by atoms with Gasteiger partial charge < -0.3 is 0 Å². The Morgan fingerprint density at radius 3 is 2.20 bits per heavy atom. The maximum atomic E-state index is 2.44. The molecule has 0 bridgehead atoms. The van der Waals surface area contributed by atoms with Gasteiger partial charge in [-0.05, 0) is 52.6 Å². The van der Waals surface area contributed by atoms with E-state index in [9.17, 15) is 0 Å². The van der Waals surface area contributed by atoms with E-state index >= 15 is 0 Å². The number of unbranched alkanes of at least 4 members (excludes halogenated alkanes) is 1. The first-order chi connectivity index (χ1) is 12.3. The zero-order valence-electron chi connectivity index (χ0n) is 14.8. The second-order valence-electron chi connectivity index (χ2n) is 6.90. The SMILES string of the molecule is CCCCC1=Cc2c(cccc2-c2ccc(-c3ccccc3)cc2)C1. The van der Waals surface area contributed by atoms with Gasteiger partial charge in [0.15, 0.2) is 0 Å². The molecule has 1 aliphatic carbocycles. The highest BCUT2D eigenvalue weighted by Gasteiger charge is 2.16. The van der Waals surface area contributed by atoms with Crippen LogP contribution in [-0.4, -0.2) is 0 Å². The van der Waals surface area contributed by atoms with E-state index in [0.29, 0.717) is 0 Å². The molecule has 4 rings (SSSR count). The molecule has 3 aromatic carbocycles. The Balaban J connectivity index is 1.65. The summed E-state index contributed by atoms with van der Waals surface area (Å²) >= 11 is 0. The molecule has 1 aliphatic rings. The highest BCUT2D eigenvalue weighted by atomic mass is 14.2. The van der Waals surface area contributed by atoms with Crippen LogP contribution in [0.1, 0.15) is 37.3 Å². The third kappa shape index (κ3) is 3.30. The first kappa shape index (κ1) is 15.9. The maximum absolute atomic E-state index is 2.44. The Morgan fingerprint density at radius 1 is 0.720 bits per heavy atom. The second-order valence-corrected chi connectivity index (χ2v) is 6.90. The molecule has 124 valence electrons. The van der Waals surface area contributed by atoms with Crippen LogP contribution in [0.3, 0.4) is 0 Å². The summed E-state index contributed by atoms with van der Waals surface area (Å²) < 4.78 is 0. The summed E-state index contributed by atoms with van der Waals surface area (Å²) in [5.41, 5.74) is 9.72. The molecule has 0 saturated heterocycles. The van der Waals surface area contributed by atoms with Crippen molar-refractivity contribution in [3.05, 3.63) is 89.5 Å². The lowest BCUT2D eigenvalue weighted by Gasteiger charge is -2.09. The second kappa shape index (κ2) is 7.11. The predicted molar refractivity (Wildman–Crippen MR) is 109 cm³/mol. The highest BCUT2D eigenvalue weighted by molar-refractivity contribution is 5.81. The van der Waals surface area contributed by atoms with E-state index < -0.39 is 0 Å². The molecule has 0 heteroatoms. The number of benzene rings is 3. The molecule has 0 aromatic heterocycles. The Labute approximate surface area is 150 Å². The normalized spacial score (nSPS) is 12.8. The van der Waals surface area contributed by atoms with Gasteiger partial charge in [-0.25, -0.2) is 0 Å².